The molecule has 1 saturated heterocycles. The first-order chi connectivity index (χ1) is 10.7. The van der Waals surface area contributed by atoms with Crippen molar-refractivity contribution in [2.75, 3.05) is 29.9 Å². The molecule has 4 nitrogen and oxygen atoms in total. The Balaban J connectivity index is 1.64. The van der Waals surface area contributed by atoms with E-state index in [4.69, 9.17) is 5.73 Å². The Morgan fingerprint density at radius 1 is 1.27 bits per heavy atom. The summed E-state index contributed by atoms with van der Waals surface area (Å²) in [6.45, 7) is 3.18. The van der Waals surface area contributed by atoms with Gasteiger partial charge >= 0.3 is 0 Å². The van der Waals surface area contributed by atoms with Crippen LogP contribution in [0.2, 0.25) is 0 Å². The molecule has 2 aliphatic rings. The lowest BCUT2D eigenvalue weighted by Gasteiger charge is -2.27. The molecule has 0 bridgehead atoms. The number of hydrogen-bond acceptors (Lipinski definition) is 4. The minimum Gasteiger partial charge on any atom is -0.328 e. The molecule has 1 saturated carbocycles. The predicted octanol–water partition coefficient (Wildman–Crippen LogP) is 2.30. The van der Waals surface area contributed by atoms with Gasteiger partial charge < -0.3 is 11.1 Å². The van der Waals surface area contributed by atoms with Gasteiger partial charge in [0, 0.05) is 48.8 Å². The van der Waals surface area contributed by atoms with Crippen LogP contribution < -0.4 is 11.1 Å². The first-order valence-corrected chi connectivity index (χ1v) is 9.32. The topological polar surface area (TPSA) is 58.4 Å². The Bertz CT molecular complexity index is 516. The van der Waals surface area contributed by atoms with Crippen LogP contribution in [0, 0.1) is 5.92 Å². The molecule has 0 spiro atoms. The maximum Gasteiger partial charge on any atom is 0.227 e. The Hall–Kier alpha value is -1.04. The third-order valence-electron chi connectivity index (χ3n) is 4.62. The predicted molar refractivity (Wildman–Crippen MR) is 93.0 cm³/mol. The fourth-order valence-electron chi connectivity index (χ4n) is 3.27. The van der Waals surface area contributed by atoms with Gasteiger partial charge in [-0.3, -0.25) is 9.69 Å². The fraction of sp³-hybridized carbons (Fsp3) is 0.588. The summed E-state index contributed by atoms with van der Waals surface area (Å²) in [4.78, 5) is 14.9. The van der Waals surface area contributed by atoms with E-state index in [1.807, 2.05) is 23.9 Å². The number of hydrogen-bond donors (Lipinski definition) is 2. The summed E-state index contributed by atoms with van der Waals surface area (Å²) in [6.07, 6.45) is 2.70. The normalized spacial score (nSPS) is 26.0. The van der Waals surface area contributed by atoms with Crippen molar-refractivity contribution in [1.29, 1.82) is 0 Å². The van der Waals surface area contributed by atoms with Crippen molar-refractivity contribution in [3.63, 3.8) is 0 Å². The van der Waals surface area contributed by atoms with Crippen molar-refractivity contribution >= 4 is 23.4 Å². The molecule has 1 aromatic carbocycles. The molecule has 1 aliphatic carbocycles. The number of rotatable bonds is 4. The SMILES string of the molecule is NC1CCC(C(=O)Nc2ccccc2CN2CCSCC2)C1. The molecule has 2 atom stereocenters. The third kappa shape index (κ3) is 4.03. The summed E-state index contributed by atoms with van der Waals surface area (Å²) in [6, 6.07) is 8.37. The average molecular weight is 319 g/mol. The van der Waals surface area contributed by atoms with Gasteiger partial charge in [-0.25, -0.2) is 0 Å². The van der Waals surface area contributed by atoms with Gasteiger partial charge in [0.2, 0.25) is 5.91 Å². The second kappa shape index (κ2) is 7.49. The van der Waals surface area contributed by atoms with E-state index in [0.29, 0.717) is 0 Å². The van der Waals surface area contributed by atoms with Crippen LogP contribution in [0.25, 0.3) is 0 Å². The molecule has 1 aromatic rings. The lowest BCUT2D eigenvalue weighted by molar-refractivity contribution is -0.119. The van der Waals surface area contributed by atoms with Crippen LogP contribution >= 0.6 is 11.8 Å². The highest BCUT2D eigenvalue weighted by atomic mass is 32.2. The number of nitrogens with one attached hydrogen (secondary N) is 1. The molecule has 2 fully saturated rings. The highest BCUT2D eigenvalue weighted by Crippen LogP contribution is 2.27. The minimum atomic E-state index is 0.0782. The Morgan fingerprint density at radius 3 is 2.77 bits per heavy atom. The van der Waals surface area contributed by atoms with Gasteiger partial charge in [0.15, 0.2) is 0 Å². The molecule has 3 rings (SSSR count). The maximum atomic E-state index is 12.4. The van der Waals surface area contributed by atoms with Crippen molar-refractivity contribution in [1.82, 2.24) is 4.90 Å². The molecule has 1 heterocycles. The monoisotopic (exact) mass is 319 g/mol. The maximum absolute atomic E-state index is 12.4. The molecule has 1 amide bonds. The molecule has 3 N–H and O–H groups in total. The number of thioether (sulfide) groups is 1. The first kappa shape index (κ1) is 15.8. The quantitative estimate of drug-likeness (QED) is 0.894. The van der Waals surface area contributed by atoms with Gasteiger partial charge in [0.05, 0.1) is 0 Å². The number of benzene rings is 1. The summed E-state index contributed by atoms with van der Waals surface area (Å²) < 4.78 is 0. The van der Waals surface area contributed by atoms with Gasteiger partial charge in [-0.05, 0) is 30.9 Å². The van der Waals surface area contributed by atoms with E-state index in [1.54, 1.807) is 0 Å². The van der Waals surface area contributed by atoms with Crippen LogP contribution in [0.3, 0.4) is 0 Å². The number of nitrogens with zero attached hydrogens (tertiary/aromatic N) is 1. The first-order valence-electron chi connectivity index (χ1n) is 8.17. The van der Waals surface area contributed by atoms with Crippen molar-refractivity contribution in [3.8, 4) is 0 Å². The van der Waals surface area contributed by atoms with Crippen LogP contribution in [0.5, 0.6) is 0 Å². The smallest absolute Gasteiger partial charge is 0.227 e. The summed E-state index contributed by atoms with van der Waals surface area (Å²) >= 11 is 2.02. The standard InChI is InChI=1S/C17H25N3OS/c18-15-6-5-13(11-15)17(21)19-16-4-2-1-3-14(16)12-20-7-9-22-10-8-20/h1-4,13,15H,5-12,18H2,(H,19,21). The van der Waals surface area contributed by atoms with Crippen molar-refractivity contribution < 1.29 is 4.79 Å². The Morgan fingerprint density at radius 2 is 2.05 bits per heavy atom. The lowest BCUT2D eigenvalue weighted by Crippen LogP contribution is -2.32. The van der Waals surface area contributed by atoms with Crippen molar-refractivity contribution in [2.24, 2.45) is 11.7 Å². The van der Waals surface area contributed by atoms with Crippen molar-refractivity contribution in [3.05, 3.63) is 29.8 Å². The lowest BCUT2D eigenvalue weighted by atomic mass is 10.1. The van der Waals surface area contributed by atoms with Gasteiger partial charge in [0.25, 0.3) is 0 Å². The number of amides is 1. The molecule has 2 unspecified atom stereocenters. The Labute approximate surface area is 136 Å². The van der Waals surface area contributed by atoms with Gasteiger partial charge in [-0.15, -0.1) is 0 Å². The van der Waals surface area contributed by atoms with Gasteiger partial charge in [-0.1, -0.05) is 18.2 Å². The Kier molecular flexibility index (Phi) is 5.39. The number of para-hydroxylation sites is 1. The summed E-state index contributed by atoms with van der Waals surface area (Å²) in [5.41, 5.74) is 8.10. The minimum absolute atomic E-state index is 0.0782. The van der Waals surface area contributed by atoms with Crippen LogP contribution in [-0.4, -0.2) is 41.4 Å². The summed E-state index contributed by atoms with van der Waals surface area (Å²) in [5.74, 6) is 2.62. The van der Waals surface area contributed by atoms with Crippen molar-refractivity contribution in [2.45, 2.75) is 31.8 Å². The third-order valence-corrected chi connectivity index (χ3v) is 5.56. The molecule has 5 heteroatoms. The van der Waals surface area contributed by atoms with Gasteiger partial charge in [-0.2, -0.15) is 11.8 Å². The summed E-state index contributed by atoms with van der Waals surface area (Å²) in [7, 11) is 0. The van der Waals surface area contributed by atoms with Crippen LogP contribution in [0.15, 0.2) is 24.3 Å². The molecule has 0 aromatic heterocycles. The zero-order valence-corrected chi connectivity index (χ0v) is 13.8. The van der Waals surface area contributed by atoms with E-state index in [2.05, 4.69) is 22.3 Å². The summed E-state index contributed by atoms with van der Waals surface area (Å²) in [5, 5.41) is 3.14. The fourth-order valence-corrected chi connectivity index (χ4v) is 4.25. The van der Waals surface area contributed by atoms with Crippen LogP contribution in [0.1, 0.15) is 24.8 Å². The second-order valence-electron chi connectivity index (χ2n) is 6.30. The largest absolute Gasteiger partial charge is 0.328 e. The molecular formula is C17H25N3OS. The zero-order valence-electron chi connectivity index (χ0n) is 13.0. The number of nitrogens with two attached hydrogens (primary N) is 1. The van der Waals surface area contributed by atoms with Crippen LogP contribution in [0.4, 0.5) is 5.69 Å². The van der Waals surface area contributed by atoms with Gasteiger partial charge in [0.1, 0.15) is 0 Å². The number of carbonyl (C=O) groups excluding carboxylic acids is 1. The molecule has 1 aliphatic heterocycles. The molecule has 22 heavy (non-hydrogen) atoms. The van der Waals surface area contributed by atoms with E-state index in [0.717, 1.165) is 44.6 Å². The number of carbonyl (C=O) groups is 1. The van der Waals surface area contributed by atoms with E-state index in [-0.39, 0.29) is 17.9 Å². The van der Waals surface area contributed by atoms with E-state index in [1.165, 1.54) is 17.1 Å². The van der Waals surface area contributed by atoms with E-state index >= 15 is 0 Å². The van der Waals surface area contributed by atoms with Crippen LogP contribution in [-0.2, 0) is 11.3 Å². The highest BCUT2D eigenvalue weighted by molar-refractivity contribution is 7.99. The highest BCUT2D eigenvalue weighted by Gasteiger charge is 2.28. The zero-order chi connectivity index (χ0) is 15.4. The molecule has 0 radical (unpaired) electrons. The average Bonchev–Trinajstić information content (AvgIpc) is 2.97. The second-order valence-corrected chi connectivity index (χ2v) is 7.53. The molecular weight excluding hydrogens is 294 g/mol. The van der Waals surface area contributed by atoms with E-state index in [9.17, 15) is 4.79 Å². The molecule has 120 valence electrons. The van der Waals surface area contributed by atoms with E-state index < -0.39 is 0 Å². The number of anilines is 1.